The van der Waals surface area contributed by atoms with E-state index < -0.39 is 0 Å². The van der Waals surface area contributed by atoms with Crippen LogP contribution in [0.15, 0.2) is 89.5 Å². The monoisotopic (exact) mass is 270 g/mol. The molecule has 1 nitrogen and oxygen atoms in total. The molecule has 1 aromatic heterocycles. The Morgan fingerprint density at radius 2 is 1.43 bits per heavy atom. The fraction of sp³-hybridized carbons (Fsp3) is 0. The van der Waals surface area contributed by atoms with Gasteiger partial charge < -0.3 is 4.42 Å². The van der Waals surface area contributed by atoms with Crippen molar-refractivity contribution < 1.29 is 4.42 Å². The fourth-order valence-electron chi connectivity index (χ4n) is 2.76. The van der Waals surface area contributed by atoms with Crippen molar-refractivity contribution in [3.05, 3.63) is 85.1 Å². The predicted molar refractivity (Wildman–Crippen MR) is 87.1 cm³/mol. The van der Waals surface area contributed by atoms with Crippen LogP contribution in [0.25, 0.3) is 33.2 Å². The number of fused-ring (bicyclic) bond motifs is 1. The van der Waals surface area contributed by atoms with Gasteiger partial charge in [0.1, 0.15) is 5.76 Å². The molecule has 4 aromatic rings. The van der Waals surface area contributed by atoms with Crippen molar-refractivity contribution in [3.8, 4) is 22.5 Å². The lowest BCUT2D eigenvalue weighted by atomic mass is 9.97. The molecule has 0 unspecified atom stereocenters. The van der Waals surface area contributed by atoms with Crippen LogP contribution in [0.1, 0.15) is 0 Å². The number of hydrogen-bond donors (Lipinski definition) is 0. The van der Waals surface area contributed by atoms with Crippen molar-refractivity contribution in [1.82, 2.24) is 0 Å². The Bertz CT molecular complexity index is 883. The van der Waals surface area contributed by atoms with E-state index in [9.17, 15) is 0 Å². The average Bonchev–Trinajstić information content (AvgIpc) is 3.09. The molecule has 100 valence electrons. The summed E-state index contributed by atoms with van der Waals surface area (Å²) in [7, 11) is 0. The summed E-state index contributed by atoms with van der Waals surface area (Å²) in [4.78, 5) is 0. The van der Waals surface area contributed by atoms with E-state index in [0.29, 0.717) is 0 Å². The van der Waals surface area contributed by atoms with Gasteiger partial charge in [0.15, 0.2) is 0 Å². The fourth-order valence-corrected chi connectivity index (χ4v) is 2.76. The van der Waals surface area contributed by atoms with Crippen molar-refractivity contribution in [1.29, 1.82) is 0 Å². The van der Waals surface area contributed by atoms with Gasteiger partial charge >= 0.3 is 0 Å². The lowest BCUT2D eigenvalue weighted by molar-refractivity contribution is 0.582. The highest BCUT2D eigenvalue weighted by molar-refractivity contribution is 5.97. The Morgan fingerprint density at radius 1 is 0.619 bits per heavy atom. The Balaban J connectivity index is 1.91. The van der Waals surface area contributed by atoms with E-state index >= 15 is 0 Å². The number of rotatable bonds is 2. The summed E-state index contributed by atoms with van der Waals surface area (Å²) in [6.07, 6.45) is 1.71. The normalized spacial score (nSPS) is 10.9. The van der Waals surface area contributed by atoms with Crippen LogP contribution < -0.4 is 0 Å². The SMILES string of the molecule is c1cc(-c2ccco2)cc(-c2cccc3ccccc23)c1. The summed E-state index contributed by atoms with van der Waals surface area (Å²) < 4.78 is 5.50. The van der Waals surface area contributed by atoms with Gasteiger partial charge in [-0.3, -0.25) is 0 Å². The standard InChI is InChI=1S/C20H14O/c1-2-10-18-15(6-1)7-4-11-19(18)16-8-3-9-17(14-16)20-12-5-13-21-20/h1-14H. The van der Waals surface area contributed by atoms with Gasteiger partial charge in [0.05, 0.1) is 6.26 Å². The zero-order chi connectivity index (χ0) is 14.1. The summed E-state index contributed by atoms with van der Waals surface area (Å²) in [6.45, 7) is 0. The molecule has 0 aliphatic heterocycles. The maximum atomic E-state index is 5.50. The van der Waals surface area contributed by atoms with E-state index in [2.05, 4.69) is 66.7 Å². The van der Waals surface area contributed by atoms with E-state index in [1.54, 1.807) is 6.26 Å². The van der Waals surface area contributed by atoms with Crippen LogP contribution in [-0.2, 0) is 0 Å². The van der Waals surface area contributed by atoms with E-state index in [0.717, 1.165) is 11.3 Å². The molecular formula is C20H14O. The zero-order valence-electron chi connectivity index (χ0n) is 11.5. The summed E-state index contributed by atoms with van der Waals surface area (Å²) in [5.74, 6) is 0.900. The van der Waals surface area contributed by atoms with Crippen LogP contribution in [0.4, 0.5) is 0 Å². The third-order valence-corrected chi connectivity index (χ3v) is 3.77. The van der Waals surface area contributed by atoms with Gasteiger partial charge in [-0.1, -0.05) is 60.7 Å². The third-order valence-electron chi connectivity index (χ3n) is 3.77. The van der Waals surface area contributed by atoms with Gasteiger partial charge in [-0.15, -0.1) is 0 Å². The second-order valence-electron chi connectivity index (χ2n) is 5.08. The van der Waals surface area contributed by atoms with E-state index in [1.165, 1.54) is 21.9 Å². The van der Waals surface area contributed by atoms with Crippen molar-refractivity contribution in [2.24, 2.45) is 0 Å². The first-order valence-corrected chi connectivity index (χ1v) is 7.04. The van der Waals surface area contributed by atoms with Crippen LogP contribution in [-0.4, -0.2) is 0 Å². The maximum absolute atomic E-state index is 5.50. The lowest BCUT2D eigenvalue weighted by Crippen LogP contribution is -1.82. The Morgan fingerprint density at radius 3 is 2.33 bits per heavy atom. The molecule has 1 heteroatoms. The third kappa shape index (κ3) is 2.13. The van der Waals surface area contributed by atoms with Gasteiger partial charge in [0.25, 0.3) is 0 Å². The highest BCUT2D eigenvalue weighted by Gasteiger charge is 2.06. The van der Waals surface area contributed by atoms with E-state index in [1.807, 2.05) is 12.1 Å². The second-order valence-corrected chi connectivity index (χ2v) is 5.08. The van der Waals surface area contributed by atoms with E-state index in [4.69, 9.17) is 4.42 Å². The average molecular weight is 270 g/mol. The summed E-state index contributed by atoms with van der Waals surface area (Å²) in [6, 6.07) is 27.3. The van der Waals surface area contributed by atoms with Gasteiger partial charge in [-0.05, 0) is 40.1 Å². The molecule has 0 aliphatic rings. The summed E-state index contributed by atoms with van der Waals surface area (Å²) in [5, 5.41) is 2.54. The minimum absolute atomic E-state index is 0.900. The number of benzene rings is 3. The van der Waals surface area contributed by atoms with Crippen molar-refractivity contribution in [2.45, 2.75) is 0 Å². The van der Waals surface area contributed by atoms with Crippen LogP contribution in [0.5, 0.6) is 0 Å². The molecule has 0 amide bonds. The van der Waals surface area contributed by atoms with E-state index in [-0.39, 0.29) is 0 Å². The minimum Gasteiger partial charge on any atom is -0.464 e. The molecule has 0 bridgehead atoms. The molecule has 0 saturated heterocycles. The van der Waals surface area contributed by atoms with Gasteiger partial charge in [0, 0.05) is 5.56 Å². The van der Waals surface area contributed by atoms with Gasteiger partial charge in [-0.25, -0.2) is 0 Å². The molecule has 3 aromatic carbocycles. The van der Waals surface area contributed by atoms with Gasteiger partial charge in [0.2, 0.25) is 0 Å². The summed E-state index contributed by atoms with van der Waals surface area (Å²) >= 11 is 0. The molecule has 0 saturated carbocycles. The number of furan rings is 1. The number of hydrogen-bond acceptors (Lipinski definition) is 1. The molecule has 0 radical (unpaired) electrons. The molecule has 0 spiro atoms. The van der Waals surface area contributed by atoms with Crippen molar-refractivity contribution >= 4 is 10.8 Å². The van der Waals surface area contributed by atoms with Crippen LogP contribution in [0.3, 0.4) is 0 Å². The van der Waals surface area contributed by atoms with Crippen molar-refractivity contribution in [3.63, 3.8) is 0 Å². The zero-order valence-corrected chi connectivity index (χ0v) is 11.5. The topological polar surface area (TPSA) is 13.1 Å². The Hall–Kier alpha value is -2.80. The smallest absolute Gasteiger partial charge is 0.133 e. The Labute approximate surface area is 123 Å². The first kappa shape index (κ1) is 12.0. The van der Waals surface area contributed by atoms with Crippen LogP contribution in [0.2, 0.25) is 0 Å². The first-order chi connectivity index (χ1) is 10.4. The van der Waals surface area contributed by atoms with Crippen molar-refractivity contribution in [2.75, 3.05) is 0 Å². The van der Waals surface area contributed by atoms with Crippen LogP contribution in [0, 0.1) is 0 Å². The summed E-state index contributed by atoms with van der Waals surface area (Å²) in [5.41, 5.74) is 3.56. The second kappa shape index (κ2) is 4.95. The quantitative estimate of drug-likeness (QED) is 0.451. The minimum atomic E-state index is 0.900. The van der Waals surface area contributed by atoms with Gasteiger partial charge in [-0.2, -0.15) is 0 Å². The Kier molecular flexibility index (Phi) is 2.82. The molecule has 0 N–H and O–H groups in total. The largest absolute Gasteiger partial charge is 0.464 e. The first-order valence-electron chi connectivity index (χ1n) is 7.04. The molecule has 0 atom stereocenters. The molecule has 4 rings (SSSR count). The molecule has 21 heavy (non-hydrogen) atoms. The highest BCUT2D eigenvalue weighted by Crippen LogP contribution is 2.31. The lowest BCUT2D eigenvalue weighted by Gasteiger charge is -2.08. The molecule has 0 aliphatic carbocycles. The molecule has 1 heterocycles. The molecule has 0 fully saturated rings. The molecular weight excluding hydrogens is 256 g/mol. The van der Waals surface area contributed by atoms with Crippen LogP contribution >= 0.6 is 0 Å². The predicted octanol–water partition coefficient (Wildman–Crippen LogP) is 5.77. The maximum Gasteiger partial charge on any atom is 0.133 e. The highest BCUT2D eigenvalue weighted by atomic mass is 16.3.